The molecule has 26 heavy (non-hydrogen) atoms. The van der Waals surface area contributed by atoms with Crippen LogP contribution in [0.4, 0.5) is 0 Å². The molecule has 0 spiro atoms. The van der Waals surface area contributed by atoms with E-state index in [9.17, 15) is 4.79 Å². The van der Waals surface area contributed by atoms with Gasteiger partial charge in [-0.2, -0.15) is 0 Å². The zero-order valence-corrected chi connectivity index (χ0v) is 16.2. The van der Waals surface area contributed by atoms with Crippen LogP contribution < -0.4 is 10.1 Å². The number of nitrogens with one attached hydrogen (secondary N) is 1. The summed E-state index contributed by atoms with van der Waals surface area (Å²) in [6.45, 7) is 5.97. The highest BCUT2D eigenvalue weighted by Crippen LogP contribution is 2.17. The smallest absolute Gasteiger partial charge is 0.234 e. The summed E-state index contributed by atoms with van der Waals surface area (Å²) in [5.74, 6) is 1.05. The molecule has 0 radical (unpaired) electrons. The van der Waals surface area contributed by atoms with Gasteiger partial charge in [0.05, 0.1) is 6.54 Å². The monoisotopic (exact) mass is 379 g/mol. The molecule has 0 unspecified atom stereocenters. The number of halogens is 1. The number of benzene rings is 1. The molecule has 1 heterocycles. The summed E-state index contributed by atoms with van der Waals surface area (Å²) in [6.07, 6.45) is 6.11. The number of hydrogen-bond acceptors (Lipinski definition) is 4. The summed E-state index contributed by atoms with van der Waals surface area (Å²) >= 11 is 5.87. The summed E-state index contributed by atoms with van der Waals surface area (Å²) in [6, 6.07) is 7.88. The maximum atomic E-state index is 12.2. The molecule has 2 fully saturated rings. The number of ether oxygens (including phenoxy) is 1. The molecule has 1 saturated carbocycles. The van der Waals surface area contributed by atoms with Gasteiger partial charge in [0.15, 0.2) is 0 Å². The second kappa shape index (κ2) is 10.1. The van der Waals surface area contributed by atoms with Crippen LogP contribution in [-0.2, 0) is 4.79 Å². The summed E-state index contributed by atoms with van der Waals surface area (Å²) in [7, 11) is 0. The molecule has 6 heteroatoms. The topological polar surface area (TPSA) is 44.8 Å². The maximum Gasteiger partial charge on any atom is 0.234 e. The Morgan fingerprint density at radius 2 is 1.69 bits per heavy atom. The molecule has 1 amide bonds. The Bertz CT molecular complexity index is 553. The zero-order chi connectivity index (χ0) is 18.2. The lowest BCUT2D eigenvalue weighted by Crippen LogP contribution is -2.51. The third kappa shape index (κ3) is 6.45. The average Bonchev–Trinajstić information content (AvgIpc) is 2.65. The van der Waals surface area contributed by atoms with Crippen LogP contribution in [0.25, 0.3) is 0 Å². The minimum absolute atomic E-state index is 0.191. The van der Waals surface area contributed by atoms with Crippen LogP contribution in [0, 0.1) is 0 Å². The minimum atomic E-state index is 0.191. The third-order valence-electron chi connectivity index (χ3n) is 5.29. The van der Waals surface area contributed by atoms with Crippen LogP contribution in [0.3, 0.4) is 0 Å². The fourth-order valence-corrected chi connectivity index (χ4v) is 3.84. The Morgan fingerprint density at radius 3 is 2.38 bits per heavy atom. The molecule has 1 aliphatic carbocycles. The first-order chi connectivity index (χ1) is 12.7. The first-order valence-corrected chi connectivity index (χ1v) is 10.2. The van der Waals surface area contributed by atoms with E-state index >= 15 is 0 Å². The Kier molecular flexibility index (Phi) is 7.59. The van der Waals surface area contributed by atoms with Crippen LogP contribution in [0.15, 0.2) is 24.3 Å². The maximum absolute atomic E-state index is 12.2. The van der Waals surface area contributed by atoms with E-state index in [1.807, 2.05) is 24.3 Å². The molecular formula is C20H30ClN3O2. The fraction of sp³-hybridized carbons (Fsp3) is 0.650. The lowest BCUT2D eigenvalue weighted by Gasteiger charge is -2.34. The summed E-state index contributed by atoms with van der Waals surface area (Å²) in [5.41, 5.74) is 0. The first kappa shape index (κ1) is 19.5. The number of nitrogens with zero attached hydrogens (tertiary/aromatic N) is 2. The van der Waals surface area contributed by atoms with E-state index in [0.29, 0.717) is 19.2 Å². The minimum Gasteiger partial charge on any atom is -0.492 e. The van der Waals surface area contributed by atoms with Crippen molar-refractivity contribution in [3.63, 3.8) is 0 Å². The molecule has 1 aromatic carbocycles. The number of rotatable bonds is 7. The molecule has 1 aliphatic heterocycles. The Labute approximate surface area is 161 Å². The molecule has 2 aliphatic rings. The second-order valence-corrected chi connectivity index (χ2v) is 7.76. The summed E-state index contributed by atoms with van der Waals surface area (Å²) < 4.78 is 5.76. The van der Waals surface area contributed by atoms with Crippen molar-refractivity contribution in [3.8, 4) is 5.75 Å². The van der Waals surface area contributed by atoms with Gasteiger partial charge >= 0.3 is 0 Å². The predicted molar refractivity (Wildman–Crippen MR) is 105 cm³/mol. The van der Waals surface area contributed by atoms with E-state index in [0.717, 1.165) is 56.3 Å². The Hall–Kier alpha value is -1.30. The van der Waals surface area contributed by atoms with Crippen molar-refractivity contribution in [1.29, 1.82) is 0 Å². The van der Waals surface area contributed by atoms with Gasteiger partial charge < -0.3 is 10.1 Å². The predicted octanol–water partition coefficient (Wildman–Crippen LogP) is 2.79. The lowest BCUT2D eigenvalue weighted by atomic mass is 9.95. The lowest BCUT2D eigenvalue weighted by molar-refractivity contribution is -0.123. The fourth-order valence-electron chi connectivity index (χ4n) is 3.72. The van der Waals surface area contributed by atoms with E-state index in [1.165, 1.54) is 19.3 Å². The van der Waals surface area contributed by atoms with Gasteiger partial charge in [-0.15, -0.1) is 0 Å². The molecule has 0 bridgehead atoms. The van der Waals surface area contributed by atoms with E-state index in [-0.39, 0.29) is 5.91 Å². The van der Waals surface area contributed by atoms with Crippen LogP contribution in [0.5, 0.6) is 5.75 Å². The van der Waals surface area contributed by atoms with Crippen molar-refractivity contribution >= 4 is 17.5 Å². The van der Waals surface area contributed by atoms with Crippen molar-refractivity contribution in [3.05, 3.63) is 29.3 Å². The highest BCUT2D eigenvalue weighted by Gasteiger charge is 2.21. The number of hydrogen-bond donors (Lipinski definition) is 1. The van der Waals surface area contributed by atoms with Gasteiger partial charge in [-0.1, -0.05) is 30.9 Å². The van der Waals surface area contributed by atoms with E-state index in [2.05, 4.69) is 15.1 Å². The van der Waals surface area contributed by atoms with Crippen LogP contribution in [0.2, 0.25) is 5.02 Å². The average molecular weight is 380 g/mol. The van der Waals surface area contributed by atoms with Gasteiger partial charge in [-0.25, -0.2) is 0 Å². The first-order valence-electron chi connectivity index (χ1n) is 9.81. The number of amides is 1. The van der Waals surface area contributed by atoms with E-state index < -0.39 is 0 Å². The van der Waals surface area contributed by atoms with Gasteiger partial charge in [0.25, 0.3) is 0 Å². The number of piperazine rings is 1. The van der Waals surface area contributed by atoms with E-state index in [4.69, 9.17) is 16.3 Å². The SMILES string of the molecule is O=C(CN1CCN(CCOc2ccc(Cl)cc2)CC1)NC1CCCCC1. The van der Waals surface area contributed by atoms with Crippen molar-refractivity contribution in [2.24, 2.45) is 0 Å². The molecule has 1 N–H and O–H groups in total. The summed E-state index contributed by atoms with van der Waals surface area (Å²) in [4.78, 5) is 16.9. The summed E-state index contributed by atoms with van der Waals surface area (Å²) in [5, 5.41) is 3.93. The van der Waals surface area contributed by atoms with Gasteiger partial charge in [0, 0.05) is 43.8 Å². The van der Waals surface area contributed by atoms with Gasteiger partial charge in [0.1, 0.15) is 12.4 Å². The van der Waals surface area contributed by atoms with E-state index in [1.54, 1.807) is 0 Å². The molecule has 5 nitrogen and oxygen atoms in total. The second-order valence-electron chi connectivity index (χ2n) is 7.32. The molecule has 144 valence electrons. The van der Waals surface area contributed by atoms with Crippen molar-refractivity contribution in [2.45, 2.75) is 38.1 Å². The Morgan fingerprint density at radius 1 is 1.04 bits per heavy atom. The van der Waals surface area contributed by atoms with Gasteiger partial charge in [-0.3, -0.25) is 14.6 Å². The number of carbonyl (C=O) groups is 1. The van der Waals surface area contributed by atoms with Crippen molar-refractivity contribution in [1.82, 2.24) is 15.1 Å². The van der Waals surface area contributed by atoms with Crippen molar-refractivity contribution in [2.75, 3.05) is 45.9 Å². The highest BCUT2D eigenvalue weighted by atomic mass is 35.5. The molecule has 0 atom stereocenters. The zero-order valence-electron chi connectivity index (χ0n) is 15.5. The third-order valence-corrected chi connectivity index (χ3v) is 5.54. The largest absolute Gasteiger partial charge is 0.492 e. The molecular weight excluding hydrogens is 350 g/mol. The molecule has 1 aromatic rings. The molecule has 0 aromatic heterocycles. The van der Waals surface area contributed by atoms with Crippen LogP contribution in [0.1, 0.15) is 32.1 Å². The van der Waals surface area contributed by atoms with Crippen LogP contribution >= 0.6 is 11.6 Å². The number of carbonyl (C=O) groups excluding carboxylic acids is 1. The Balaban J connectivity index is 1.28. The molecule has 1 saturated heterocycles. The van der Waals surface area contributed by atoms with Crippen molar-refractivity contribution < 1.29 is 9.53 Å². The normalized spacial score (nSPS) is 20.0. The quantitative estimate of drug-likeness (QED) is 0.791. The standard InChI is InChI=1S/C20H30ClN3O2/c21-17-6-8-19(9-7-17)26-15-14-23-10-12-24(13-11-23)16-20(25)22-18-4-2-1-3-5-18/h6-9,18H,1-5,10-16H2,(H,22,25). The molecule has 3 rings (SSSR count). The van der Waals surface area contributed by atoms with Crippen LogP contribution in [-0.4, -0.2) is 67.6 Å². The van der Waals surface area contributed by atoms with Gasteiger partial charge in [0.2, 0.25) is 5.91 Å². The van der Waals surface area contributed by atoms with Gasteiger partial charge in [-0.05, 0) is 37.1 Å². The highest BCUT2D eigenvalue weighted by molar-refractivity contribution is 6.30.